The van der Waals surface area contributed by atoms with Crippen molar-refractivity contribution in [2.24, 2.45) is 0 Å². The van der Waals surface area contributed by atoms with Gasteiger partial charge in [-0.3, -0.25) is 9.20 Å². The number of carbonyl (C=O) groups excluding carboxylic acids is 1. The van der Waals surface area contributed by atoms with Crippen molar-refractivity contribution < 1.29 is 18.0 Å². The molecule has 2 heterocycles. The molecule has 0 saturated carbocycles. The Morgan fingerprint density at radius 1 is 1.20 bits per heavy atom. The molecule has 3 rings (SSSR count). The smallest absolute Gasteiger partial charge is 0.320 e. The largest absolute Gasteiger partial charge is 0.417 e. The molecular weight excluding hydrogens is 355 g/mol. The van der Waals surface area contributed by atoms with Gasteiger partial charge in [0.25, 0.3) is 5.91 Å². The van der Waals surface area contributed by atoms with Crippen LogP contribution in [0.2, 0.25) is 5.02 Å². The van der Waals surface area contributed by atoms with Crippen LogP contribution in [0.4, 0.5) is 18.9 Å². The molecule has 4 nitrogen and oxygen atoms in total. The molecule has 3 aromatic rings. The standard InChI is InChI=1S/C17H13ClF3N3O/c1-9-3-5-12(18)7-13(9)23-16(25)15-10(2)22-14-6-4-11(8-24(14)15)17(19,20)21/h3-8H,1-2H3,(H,23,25). The maximum atomic E-state index is 13.0. The van der Waals surface area contributed by atoms with Crippen LogP contribution in [0.3, 0.4) is 0 Å². The molecule has 2 aromatic heterocycles. The number of alkyl halides is 3. The molecule has 0 saturated heterocycles. The SMILES string of the molecule is Cc1ccc(Cl)cc1NC(=O)c1c(C)nc2ccc(C(F)(F)F)cn12. The van der Waals surface area contributed by atoms with E-state index in [0.717, 1.165) is 22.2 Å². The zero-order valence-corrected chi connectivity index (χ0v) is 14.0. The van der Waals surface area contributed by atoms with Crippen molar-refractivity contribution in [3.63, 3.8) is 0 Å². The van der Waals surface area contributed by atoms with Gasteiger partial charge in [0.15, 0.2) is 0 Å². The van der Waals surface area contributed by atoms with Crippen LogP contribution in [0, 0.1) is 13.8 Å². The topological polar surface area (TPSA) is 46.4 Å². The van der Waals surface area contributed by atoms with Crippen LogP contribution in [0.1, 0.15) is 27.3 Å². The number of amides is 1. The Labute approximate surface area is 146 Å². The van der Waals surface area contributed by atoms with Crippen LogP contribution in [0.5, 0.6) is 0 Å². The molecule has 0 aliphatic rings. The summed E-state index contributed by atoms with van der Waals surface area (Å²) in [6.45, 7) is 3.36. The van der Waals surface area contributed by atoms with E-state index >= 15 is 0 Å². The first kappa shape index (κ1) is 17.3. The number of nitrogens with zero attached hydrogens (tertiary/aromatic N) is 2. The fraction of sp³-hybridized carbons (Fsp3) is 0.176. The monoisotopic (exact) mass is 367 g/mol. The van der Waals surface area contributed by atoms with Crippen molar-refractivity contribution in [2.75, 3.05) is 5.32 Å². The van der Waals surface area contributed by atoms with E-state index in [1.54, 1.807) is 32.0 Å². The molecule has 1 amide bonds. The Kier molecular flexibility index (Phi) is 4.20. The summed E-state index contributed by atoms with van der Waals surface area (Å²) in [7, 11) is 0. The van der Waals surface area contributed by atoms with Gasteiger partial charge in [-0.2, -0.15) is 13.2 Å². The number of hydrogen-bond acceptors (Lipinski definition) is 2. The van der Waals surface area contributed by atoms with E-state index in [1.165, 1.54) is 6.07 Å². The van der Waals surface area contributed by atoms with E-state index in [-0.39, 0.29) is 11.3 Å². The summed E-state index contributed by atoms with van der Waals surface area (Å²) in [4.78, 5) is 16.8. The molecule has 130 valence electrons. The van der Waals surface area contributed by atoms with E-state index in [2.05, 4.69) is 10.3 Å². The van der Waals surface area contributed by atoms with Gasteiger partial charge >= 0.3 is 6.18 Å². The van der Waals surface area contributed by atoms with Gasteiger partial charge in [0.05, 0.1) is 11.3 Å². The Balaban J connectivity index is 2.06. The molecule has 1 N–H and O–H groups in total. The Morgan fingerprint density at radius 3 is 2.60 bits per heavy atom. The quantitative estimate of drug-likeness (QED) is 0.702. The number of fused-ring (bicyclic) bond motifs is 1. The minimum Gasteiger partial charge on any atom is -0.320 e. The first-order chi connectivity index (χ1) is 11.7. The van der Waals surface area contributed by atoms with Crippen molar-refractivity contribution >= 4 is 28.8 Å². The number of pyridine rings is 1. The fourth-order valence-electron chi connectivity index (χ4n) is 2.51. The lowest BCUT2D eigenvalue weighted by molar-refractivity contribution is -0.137. The Morgan fingerprint density at radius 2 is 1.92 bits per heavy atom. The van der Waals surface area contributed by atoms with E-state index < -0.39 is 17.6 Å². The third kappa shape index (κ3) is 3.32. The zero-order chi connectivity index (χ0) is 18.4. The number of rotatable bonds is 2. The molecule has 0 unspecified atom stereocenters. The zero-order valence-electron chi connectivity index (χ0n) is 13.3. The number of benzene rings is 1. The van der Waals surface area contributed by atoms with Crippen LogP contribution in [0.25, 0.3) is 5.65 Å². The van der Waals surface area contributed by atoms with Crippen LogP contribution < -0.4 is 5.32 Å². The highest BCUT2D eigenvalue weighted by atomic mass is 35.5. The van der Waals surface area contributed by atoms with Crippen molar-refractivity contribution in [1.29, 1.82) is 0 Å². The number of anilines is 1. The molecule has 0 aliphatic heterocycles. The van der Waals surface area contributed by atoms with Gasteiger partial charge in [-0.1, -0.05) is 17.7 Å². The number of carbonyl (C=O) groups is 1. The summed E-state index contributed by atoms with van der Waals surface area (Å²) in [5.41, 5.74) is 1.04. The number of aryl methyl sites for hydroxylation is 2. The number of imidazole rings is 1. The summed E-state index contributed by atoms with van der Waals surface area (Å²) in [6.07, 6.45) is -3.64. The van der Waals surface area contributed by atoms with Gasteiger partial charge in [-0.15, -0.1) is 0 Å². The van der Waals surface area contributed by atoms with Crippen molar-refractivity contribution in [2.45, 2.75) is 20.0 Å². The van der Waals surface area contributed by atoms with Crippen molar-refractivity contribution in [1.82, 2.24) is 9.38 Å². The predicted molar refractivity (Wildman–Crippen MR) is 89.1 cm³/mol. The maximum absolute atomic E-state index is 13.0. The van der Waals surface area contributed by atoms with E-state index in [1.807, 2.05) is 0 Å². The summed E-state index contributed by atoms with van der Waals surface area (Å²) in [6, 6.07) is 7.17. The second-order valence-electron chi connectivity index (χ2n) is 5.60. The molecule has 0 spiro atoms. The van der Waals surface area contributed by atoms with Gasteiger partial charge in [-0.05, 0) is 43.7 Å². The molecule has 0 atom stereocenters. The molecule has 25 heavy (non-hydrogen) atoms. The maximum Gasteiger partial charge on any atom is 0.417 e. The molecule has 1 aromatic carbocycles. The summed E-state index contributed by atoms with van der Waals surface area (Å²) in [5.74, 6) is -0.560. The minimum absolute atomic E-state index is 0.0421. The van der Waals surface area contributed by atoms with Crippen LogP contribution in [-0.4, -0.2) is 15.3 Å². The highest BCUT2D eigenvalue weighted by molar-refractivity contribution is 6.31. The average Bonchev–Trinajstić information content (AvgIpc) is 2.85. The van der Waals surface area contributed by atoms with Gasteiger partial charge in [0, 0.05) is 16.9 Å². The Hall–Kier alpha value is -2.54. The number of halogens is 4. The number of hydrogen-bond donors (Lipinski definition) is 1. The normalized spacial score (nSPS) is 11.8. The number of nitrogens with one attached hydrogen (secondary N) is 1. The van der Waals surface area contributed by atoms with E-state index in [4.69, 9.17) is 11.6 Å². The second kappa shape index (κ2) is 6.07. The van der Waals surface area contributed by atoms with Gasteiger partial charge in [0.1, 0.15) is 11.3 Å². The summed E-state index contributed by atoms with van der Waals surface area (Å²) < 4.78 is 40.0. The van der Waals surface area contributed by atoms with Crippen molar-refractivity contribution in [3.05, 3.63) is 64.1 Å². The third-order valence-electron chi connectivity index (χ3n) is 3.78. The fourth-order valence-corrected chi connectivity index (χ4v) is 2.69. The van der Waals surface area contributed by atoms with E-state index in [9.17, 15) is 18.0 Å². The average molecular weight is 368 g/mol. The third-order valence-corrected chi connectivity index (χ3v) is 4.02. The highest BCUT2D eigenvalue weighted by Gasteiger charge is 2.31. The lowest BCUT2D eigenvalue weighted by Crippen LogP contribution is -2.17. The Bertz CT molecular complexity index is 979. The first-order valence-electron chi connectivity index (χ1n) is 7.30. The highest BCUT2D eigenvalue weighted by Crippen LogP contribution is 2.30. The van der Waals surface area contributed by atoms with Gasteiger partial charge in [-0.25, -0.2) is 4.98 Å². The molecule has 8 heteroatoms. The summed E-state index contributed by atoms with van der Waals surface area (Å²) >= 11 is 5.93. The second-order valence-corrected chi connectivity index (χ2v) is 6.04. The molecular formula is C17H13ClF3N3O. The molecule has 0 fully saturated rings. The lowest BCUT2D eigenvalue weighted by Gasteiger charge is -2.11. The van der Waals surface area contributed by atoms with Gasteiger partial charge < -0.3 is 5.32 Å². The molecule has 0 bridgehead atoms. The lowest BCUT2D eigenvalue weighted by atomic mass is 10.2. The molecule has 0 aliphatic carbocycles. The predicted octanol–water partition coefficient (Wildman–Crippen LogP) is 4.88. The van der Waals surface area contributed by atoms with E-state index in [0.29, 0.717) is 16.4 Å². The van der Waals surface area contributed by atoms with Crippen LogP contribution in [-0.2, 0) is 6.18 Å². The summed E-state index contributed by atoms with van der Waals surface area (Å²) in [5, 5.41) is 3.12. The number of aromatic nitrogens is 2. The van der Waals surface area contributed by atoms with Gasteiger partial charge in [0.2, 0.25) is 0 Å². The first-order valence-corrected chi connectivity index (χ1v) is 7.68. The minimum atomic E-state index is -4.51. The van der Waals surface area contributed by atoms with Crippen molar-refractivity contribution in [3.8, 4) is 0 Å². The van der Waals surface area contributed by atoms with Crippen LogP contribution >= 0.6 is 11.6 Å². The molecule has 0 radical (unpaired) electrons. The van der Waals surface area contributed by atoms with Crippen LogP contribution in [0.15, 0.2) is 36.5 Å².